The van der Waals surface area contributed by atoms with E-state index < -0.39 is 5.82 Å². The molecule has 3 rings (SSSR count). The third-order valence-electron chi connectivity index (χ3n) is 3.65. The number of hydrogen-bond donors (Lipinski definition) is 2. The first kappa shape index (κ1) is 15.7. The van der Waals surface area contributed by atoms with Gasteiger partial charge in [0.15, 0.2) is 5.11 Å². The number of nitrogens with one attached hydrogen (secondary N) is 2. The minimum Gasteiger partial charge on any atom is -0.328 e. The lowest BCUT2D eigenvalue weighted by molar-refractivity contribution is -0.115. The number of carbonyl (C=O) groups is 1. The van der Waals surface area contributed by atoms with Gasteiger partial charge in [0, 0.05) is 17.1 Å². The molecule has 4 nitrogen and oxygen atoms in total. The molecule has 118 valence electrons. The highest BCUT2D eigenvalue weighted by atomic mass is 35.5. The van der Waals surface area contributed by atoms with E-state index in [1.165, 1.54) is 6.07 Å². The second-order valence-electron chi connectivity index (χ2n) is 5.23. The van der Waals surface area contributed by atoms with Crippen molar-refractivity contribution in [2.75, 3.05) is 0 Å². The summed E-state index contributed by atoms with van der Waals surface area (Å²) in [4.78, 5) is 11.7. The van der Waals surface area contributed by atoms with Crippen molar-refractivity contribution in [1.82, 2.24) is 15.2 Å². The standard InChI is InChI=1S/C16H13ClFN3OS/c1-8-5-10(6-14-15(22)20-16(23)19-14)9(2)21(8)11-3-4-13(18)12(17)7-11/h3-7H,1-2H3,(H2,19,20,22,23)/b14-6+. The fourth-order valence-corrected chi connectivity index (χ4v) is 2.97. The highest BCUT2D eigenvalue weighted by Crippen LogP contribution is 2.25. The van der Waals surface area contributed by atoms with Crippen LogP contribution in [-0.2, 0) is 4.79 Å². The average molecular weight is 350 g/mol. The van der Waals surface area contributed by atoms with Gasteiger partial charge in [0.25, 0.3) is 5.91 Å². The molecule has 1 aliphatic rings. The molecule has 2 heterocycles. The van der Waals surface area contributed by atoms with Gasteiger partial charge in [0.2, 0.25) is 0 Å². The maximum atomic E-state index is 13.4. The topological polar surface area (TPSA) is 46.1 Å². The van der Waals surface area contributed by atoms with Gasteiger partial charge in [0.1, 0.15) is 11.5 Å². The second kappa shape index (κ2) is 5.79. The number of benzene rings is 1. The SMILES string of the molecule is Cc1cc(/C=C2/NC(=S)NC2=O)c(C)n1-c1ccc(F)c(Cl)c1. The third-order valence-corrected chi connectivity index (χ3v) is 4.15. The summed E-state index contributed by atoms with van der Waals surface area (Å²) in [5.41, 5.74) is 3.87. The summed E-state index contributed by atoms with van der Waals surface area (Å²) in [6, 6.07) is 6.51. The molecule has 1 aromatic carbocycles. The van der Waals surface area contributed by atoms with Gasteiger partial charge >= 0.3 is 0 Å². The highest BCUT2D eigenvalue weighted by molar-refractivity contribution is 7.80. The summed E-state index contributed by atoms with van der Waals surface area (Å²) in [5, 5.41) is 5.70. The molecular weight excluding hydrogens is 337 g/mol. The monoisotopic (exact) mass is 349 g/mol. The van der Waals surface area contributed by atoms with Crippen molar-refractivity contribution in [1.29, 1.82) is 0 Å². The Balaban J connectivity index is 2.06. The lowest BCUT2D eigenvalue weighted by Crippen LogP contribution is -2.21. The minimum atomic E-state index is -0.458. The van der Waals surface area contributed by atoms with Crippen LogP contribution in [0, 0.1) is 19.7 Å². The van der Waals surface area contributed by atoms with Crippen LogP contribution in [0.15, 0.2) is 30.0 Å². The first-order valence-electron chi connectivity index (χ1n) is 6.85. The van der Waals surface area contributed by atoms with Crippen molar-refractivity contribution in [2.45, 2.75) is 13.8 Å². The Morgan fingerprint density at radius 1 is 1.26 bits per heavy atom. The van der Waals surface area contributed by atoms with Crippen LogP contribution in [0.2, 0.25) is 5.02 Å². The van der Waals surface area contributed by atoms with E-state index in [1.807, 2.05) is 24.5 Å². The number of carbonyl (C=O) groups excluding carboxylic acids is 1. The molecule has 23 heavy (non-hydrogen) atoms. The van der Waals surface area contributed by atoms with Crippen LogP contribution in [-0.4, -0.2) is 15.6 Å². The second-order valence-corrected chi connectivity index (χ2v) is 6.04. The molecule has 0 radical (unpaired) electrons. The Labute approximate surface area is 142 Å². The fraction of sp³-hybridized carbons (Fsp3) is 0.125. The van der Waals surface area contributed by atoms with Gasteiger partial charge in [-0.3, -0.25) is 10.1 Å². The van der Waals surface area contributed by atoms with Gasteiger partial charge in [-0.2, -0.15) is 0 Å². The lowest BCUT2D eigenvalue weighted by Gasteiger charge is -2.10. The fourth-order valence-electron chi connectivity index (χ4n) is 2.59. The van der Waals surface area contributed by atoms with E-state index in [1.54, 1.807) is 18.2 Å². The Kier molecular flexibility index (Phi) is 3.95. The van der Waals surface area contributed by atoms with Gasteiger partial charge in [-0.05, 0) is 62.0 Å². The predicted octanol–water partition coefficient (Wildman–Crippen LogP) is 3.23. The molecule has 1 saturated heterocycles. The van der Waals surface area contributed by atoms with Crippen molar-refractivity contribution in [2.24, 2.45) is 0 Å². The van der Waals surface area contributed by atoms with Crippen molar-refractivity contribution in [3.05, 3.63) is 57.8 Å². The number of aromatic nitrogens is 1. The predicted molar refractivity (Wildman–Crippen MR) is 92.1 cm³/mol. The van der Waals surface area contributed by atoms with Crippen molar-refractivity contribution in [3.63, 3.8) is 0 Å². The number of nitrogens with zero attached hydrogens (tertiary/aromatic N) is 1. The van der Waals surface area contributed by atoms with Gasteiger partial charge in [-0.15, -0.1) is 0 Å². The number of thiocarbonyl (C=S) groups is 1. The van der Waals surface area contributed by atoms with E-state index in [-0.39, 0.29) is 10.9 Å². The summed E-state index contributed by atoms with van der Waals surface area (Å²) in [5.74, 6) is -0.717. The highest BCUT2D eigenvalue weighted by Gasteiger charge is 2.21. The van der Waals surface area contributed by atoms with Crippen LogP contribution in [0.25, 0.3) is 11.8 Å². The molecule has 1 aromatic heterocycles. The van der Waals surface area contributed by atoms with Crippen LogP contribution in [0.4, 0.5) is 4.39 Å². The Morgan fingerprint density at radius 2 is 2.00 bits per heavy atom. The largest absolute Gasteiger partial charge is 0.328 e. The zero-order valence-electron chi connectivity index (χ0n) is 12.4. The molecule has 1 fully saturated rings. The molecule has 0 bridgehead atoms. The van der Waals surface area contributed by atoms with Crippen LogP contribution in [0.1, 0.15) is 17.0 Å². The smallest absolute Gasteiger partial charge is 0.273 e. The molecule has 0 spiro atoms. The number of amides is 1. The van der Waals surface area contributed by atoms with E-state index in [0.717, 1.165) is 22.6 Å². The van der Waals surface area contributed by atoms with Crippen LogP contribution in [0.3, 0.4) is 0 Å². The Morgan fingerprint density at radius 3 is 2.61 bits per heavy atom. The molecule has 0 saturated carbocycles. The molecule has 0 atom stereocenters. The summed E-state index contributed by atoms with van der Waals surface area (Å²) < 4.78 is 15.3. The molecule has 2 N–H and O–H groups in total. The molecule has 1 aliphatic heterocycles. The van der Waals surface area contributed by atoms with Crippen LogP contribution < -0.4 is 10.6 Å². The maximum Gasteiger partial charge on any atom is 0.273 e. The summed E-state index contributed by atoms with van der Waals surface area (Å²) in [6.07, 6.45) is 1.73. The quantitative estimate of drug-likeness (QED) is 0.646. The number of hydrogen-bond acceptors (Lipinski definition) is 2. The zero-order valence-corrected chi connectivity index (χ0v) is 14.0. The molecule has 0 aliphatic carbocycles. The van der Waals surface area contributed by atoms with E-state index in [9.17, 15) is 9.18 Å². The van der Waals surface area contributed by atoms with Gasteiger partial charge in [0.05, 0.1) is 5.02 Å². The first-order valence-corrected chi connectivity index (χ1v) is 7.64. The number of halogens is 2. The van der Waals surface area contributed by atoms with Gasteiger partial charge < -0.3 is 9.88 Å². The molecule has 2 aromatic rings. The van der Waals surface area contributed by atoms with Crippen LogP contribution >= 0.6 is 23.8 Å². The van der Waals surface area contributed by atoms with E-state index in [0.29, 0.717) is 10.8 Å². The minimum absolute atomic E-state index is 0.0668. The molecular formula is C16H13ClFN3OS. The zero-order chi connectivity index (χ0) is 16.7. The summed E-state index contributed by atoms with van der Waals surface area (Å²) in [6.45, 7) is 3.85. The Hall–Kier alpha value is -2.18. The molecule has 7 heteroatoms. The Bertz CT molecular complexity index is 872. The van der Waals surface area contributed by atoms with E-state index in [2.05, 4.69) is 10.6 Å². The number of rotatable bonds is 2. The summed E-state index contributed by atoms with van der Waals surface area (Å²) >= 11 is 10.8. The maximum absolute atomic E-state index is 13.4. The molecule has 1 amide bonds. The lowest BCUT2D eigenvalue weighted by atomic mass is 10.2. The van der Waals surface area contributed by atoms with E-state index in [4.69, 9.17) is 23.8 Å². The van der Waals surface area contributed by atoms with Gasteiger partial charge in [-0.25, -0.2) is 4.39 Å². The van der Waals surface area contributed by atoms with Crippen molar-refractivity contribution in [3.8, 4) is 5.69 Å². The van der Waals surface area contributed by atoms with Gasteiger partial charge in [-0.1, -0.05) is 11.6 Å². The first-order chi connectivity index (χ1) is 10.9. The normalized spacial score (nSPS) is 15.9. The van der Waals surface area contributed by atoms with Crippen molar-refractivity contribution < 1.29 is 9.18 Å². The van der Waals surface area contributed by atoms with Crippen molar-refractivity contribution >= 4 is 40.9 Å². The average Bonchev–Trinajstić information content (AvgIpc) is 2.93. The van der Waals surface area contributed by atoms with E-state index >= 15 is 0 Å². The summed E-state index contributed by atoms with van der Waals surface area (Å²) in [7, 11) is 0. The van der Waals surface area contributed by atoms with Crippen LogP contribution in [0.5, 0.6) is 0 Å². The third kappa shape index (κ3) is 2.87. The molecule has 0 unspecified atom stereocenters. The number of aryl methyl sites for hydroxylation is 1.